The van der Waals surface area contributed by atoms with E-state index in [9.17, 15) is 14.4 Å². The quantitative estimate of drug-likeness (QED) is 0.843. The minimum atomic E-state index is -0.420. The van der Waals surface area contributed by atoms with E-state index in [2.05, 4.69) is 10.4 Å². The lowest BCUT2D eigenvalue weighted by Crippen LogP contribution is -2.39. The molecule has 2 aliphatic heterocycles. The van der Waals surface area contributed by atoms with Crippen LogP contribution in [0.15, 0.2) is 29.4 Å². The summed E-state index contributed by atoms with van der Waals surface area (Å²) in [6.45, 7) is 0.0452. The first-order chi connectivity index (χ1) is 11.6. The first-order valence-electron chi connectivity index (χ1n) is 8.28. The second kappa shape index (κ2) is 5.74. The van der Waals surface area contributed by atoms with Gasteiger partial charge in [0.25, 0.3) is 11.8 Å². The lowest BCUT2D eigenvalue weighted by Gasteiger charge is -2.29. The lowest BCUT2D eigenvalue weighted by atomic mass is 9.94. The fourth-order valence-corrected chi connectivity index (χ4v) is 3.59. The molecule has 1 aromatic carbocycles. The molecule has 0 bridgehead atoms. The zero-order valence-electron chi connectivity index (χ0n) is 13.2. The fourth-order valence-electron chi connectivity index (χ4n) is 3.59. The van der Waals surface area contributed by atoms with Gasteiger partial charge in [0.2, 0.25) is 0 Å². The number of carbonyl (C=O) groups is 3. The zero-order chi connectivity index (χ0) is 16.7. The highest BCUT2D eigenvalue weighted by molar-refractivity contribution is 6.53. The summed E-state index contributed by atoms with van der Waals surface area (Å²) >= 11 is 0. The second-order valence-corrected chi connectivity index (χ2v) is 6.36. The maximum absolute atomic E-state index is 12.6. The van der Waals surface area contributed by atoms with Gasteiger partial charge in [0.1, 0.15) is 6.54 Å². The van der Waals surface area contributed by atoms with Gasteiger partial charge in [-0.05, 0) is 18.9 Å². The van der Waals surface area contributed by atoms with Crippen LogP contribution < -0.4 is 5.32 Å². The van der Waals surface area contributed by atoms with Crippen molar-refractivity contribution in [1.29, 1.82) is 0 Å². The molecular formula is C17H18N4O3. The van der Waals surface area contributed by atoms with Gasteiger partial charge < -0.3 is 10.2 Å². The number of hydrogen-bond acceptors (Lipinski definition) is 4. The van der Waals surface area contributed by atoms with E-state index in [1.54, 1.807) is 29.2 Å². The van der Waals surface area contributed by atoms with E-state index in [0.717, 1.165) is 30.7 Å². The van der Waals surface area contributed by atoms with Crippen LogP contribution in [-0.4, -0.2) is 46.1 Å². The number of imide groups is 1. The predicted molar refractivity (Wildman–Crippen MR) is 87.4 cm³/mol. The molecule has 0 spiro atoms. The summed E-state index contributed by atoms with van der Waals surface area (Å²) in [5, 5.41) is 7.65. The predicted octanol–water partition coefficient (Wildman–Crippen LogP) is 1.94. The normalized spacial score (nSPS) is 23.2. The topological polar surface area (TPSA) is 82.1 Å². The van der Waals surface area contributed by atoms with Crippen molar-refractivity contribution >= 4 is 29.2 Å². The SMILES string of the molecule is O=C1Nc2ccccc2/C1=N/N1C(=O)CN(C2CCCCC2)C1=O. The summed E-state index contributed by atoms with van der Waals surface area (Å²) in [7, 11) is 0. The molecular weight excluding hydrogens is 308 g/mol. The highest BCUT2D eigenvalue weighted by atomic mass is 16.2. The molecule has 1 saturated heterocycles. The van der Waals surface area contributed by atoms with Gasteiger partial charge in [-0.3, -0.25) is 9.59 Å². The van der Waals surface area contributed by atoms with Crippen molar-refractivity contribution in [1.82, 2.24) is 9.91 Å². The number of urea groups is 1. The molecule has 0 unspecified atom stereocenters. The number of rotatable bonds is 2. The van der Waals surface area contributed by atoms with Crippen LogP contribution in [0.3, 0.4) is 0 Å². The van der Waals surface area contributed by atoms with Crippen molar-refractivity contribution in [3.05, 3.63) is 29.8 Å². The van der Waals surface area contributed by atoms with Crippen LogP contribution >= 0.6 is 0 Å². The maximum Gasteiger partial charge on any atom is 0.348 e. The number of para-hydroxylation sites is 1. The smallest absolute Gasteiger partial charge is 0.320 e. The second-order valence-electron chi connectivity index (χ2n) is 6.36. The molecule has 0 radical (unpaired) electrons. The Morgan fingerprint density at radius 2 is 1.79 bits per heavy atom. The molecule has 0 atom stereocenters. The van der Waals surface area contributed by atoms with Gasteiger partial charge in [0.15, 0.2) is 5.71 Å². The number of fused-ring (bicyclic) bond motifs is 1. The largest absolute Gasteiger partial charge is 0.348 e. The van der Waals surface area contributed by atoms with E-state index >= 15 is 0 Å². The Bertz CT molecular complexity index is 752. The van der Waals surface area contributed by atoms with E-state index in [1.165, 1.54) is 6.42 Å². The molecule has 1 N–H and O–H groups in total. The van der Waals surface area contributed by atoms with Crippen LogP contribution in [0.5, 0.6) is 0 Å². The van der Waals surface area contributed by atoms with Gasteiger partial charge in [0.05, 0.1) is 5.69 Å². The average Bonchev–Trinajstić information content (AvgIpc) is 3.07. The fraction of sp³-hybridized carbons (Fsp3) is 0.412. The third-order valence-corrected chi connectivity index (χ3v) is 4.83. The van der Waals surface area contributed by atoms with Gasteiger partial charge >= 0.3 is 6.03 Å². The Morgan fingerprint density at radius 1 is 1.04 bits per heavy atom. The molecule has 0 aromatic heterocycles. The monoisotopic (exact) mass is 326 g/mol. The Morgan fingerprint density at radius 3 is 2.58 bits per heavy atom. The highest BCUT2D eigenvalue weighted by Gasteiger charge is 2.41. The molecule has 24 heavy (non-hydrogen) atoms. The van der Waals surface area contributed by atoms with Crippen molar-refractivity contribution in [2.45, 2.75) is 38.1 Å². The van der Waals surface area contributed by atoms with Crippen LogP contribution in [0.2, 0.25) is 0 Å². The van der Waals surface area contributed by atoms with Crippen LogP contribution in [0.1, 0.15) is 37.7 Å². The molecule has 124 valence electrons. The highest BCUT2D eigenvalue weighted by Crippen LogP contribution is 2.28. The Hall–Kier alpha value is -2.70. The third-order valence-electron chi connectivity index (χ3n) is 4.83. The zero-order valence-corrected chi connectivity index (χ0v) is 13.2. The van der Waals surface area contributed by atoms with Crippen molar-refractivity contribution in [3.63, 3.8) is 0 Å². The number of nitrogens with one attached hydrogen (secondary N) is 1. The molecule has 1 aliphatic carbocycles. The Kier molecular flexibility index (Phi) is 3.55. The standard InChI is InChI=1S/C17H18N4O3/c22-14-10-20(11-6-2-1-3-7-11)17(24)21(14)19-15-12-8-4-5-9-13(12)18-16(15)23/h4-5,8-9,11H,1-3,6-7,10H2,(H,18,19,23). The van der Waals surface area contributed by atoms with E-state index in [-0.39, 0.29) is 24.2 Å². The van der Waals surface area contributed by atoms with Gasteiger partial charge in [-0.1, -0.05) is 37.5 Å². The number of hydrogen-bond donors (Lipinski definition) is 1. The molecule has 4 rings (SSSR count). The molecule has 2 heterocycles. The van der Waals surface area contributed by atoms with E-state index in [1.807, 2.05) is 0 Å². The average molecular weight is 326 g/mol. The number of benzene rings is 1. The van der Waals surface area contributed by atoms with Crippen LogP contribution in [0.25, 0.3) is 0 Å². The van der Waals surface area contributed by atoms with Gasteiger partial charge in [0, 0.05) is 11.6 Å². The van der Waals surface area contributed by atoms with Crippen LogP contribution in [-0.2, 0) is 9.59 Å². The molecule has 1 aromatic rings. The van der Waals surface area contributed by atoms with Crippen molar-refractivity contribution in [2.75, 3.05) is 11.9 Å². The summed E-state index contributed by atoms with van der Waals surface area (Å²) in [6, 6.07) is 6.78. The van der Waals surface area contributed by atoms with Crippen molar-refractivity contribution < 1.29 is 14.4 Å². The number of carbonyl (C=O) groups excluding carboxylic acids is 3. The number of amides is 4. The van der Waals surface area contributed by atoms with Crippen LogP contribution in [0, 0.1) is 0 Å². The third kappa shape index (κ3) is 2.36. The minimum absolute atomic E-state index is 0.0452. The Labute approximate surface area is 139 Å². The maximum atomic E-state index is 12.6. The Balaban J connectivity index is 1.61. The minimum Gasteiger partial charge on any atom is -0.320 e. The molecule has 2 fully saturated rings. The van der Waals surface area contributed by atoms with E-state index in [0.29, 0.717) is 11.3 Å². The number of hydrazone groups is 1. The summed E-state index contributed by atoms with van der Waals surface area (Å²) in [5.74, 6) is -0.775. The molecule has 1 saturated carbocycles. The van der Waals surface area contributed by atoms with E-state index in [4.69, 9.17) is 0 Å². The summed E-state index contributed by atoms with van der Waals surface area (Å²) in [6.07, 6.45) is 5.18. The van der Waals surface area contributed by atoms with Gasteiger partial charge in [-0.2, -0.15) is 5.10 Å². The number of nitrogens with zero attached hydrogens (tertiary/aromatic N) is 3. The van der Waals surface area contributed by atoms with Crippen molar-refractivity contribution in [3.8, 4) is 0 Å². The van der Waals surface area contributed by atoms with E-state index < -0.39 is 11.9 Å². The first kappa shape index (κ1) is 14.9. The van der Waals surface area contributed by atoms with Gasteiger partial charge in [-0.25, -0.2) is 4.79 Å². The number of anilines is 1. The van der Waals surface area contributed by atoms with Gasteiger partial charge in [-0.15, -0.1) is 5.01 Å². The molecule has 4 amide bonds. The summed E-state index contributed by atoms with van der Waals surface area (Å²) in [5.41, 5.74) is 1.36. The van der Waals surface area contributed by atoms with Crippen molar-refractivity contribution in [2.24, 2.45) is 5.10 Å². The molecule has 7 heteroatoms. The first-order valence-corrected chi connectivity index (χ1v) is 8.28. The van der Waals surface area contributed by atoms with Crippen LogP contribution in [0.4, 0.5) is 10.5 Å². The molecule has 3 aliphatic rings. The summed E-state index contributed by atoms with van der Waals surface area (Å²) in [4.78, 5) is 38.6. The molecule has 7 nitrogen and oxygen atoms in total. The summed E-state index contributed by atoms with van der Waals surface area (Å²) < 4.78 is 0. The lowest BCUT2D eigenvalue weighted by molar-refractivity contribution is -0.125.